The fourth-order valence-corrected chi connectivity index (χ4v) is 3.44. The maximum Gasteiger partial charge on any atom is 0.318 e. The van der Waals surface area contributed by atoms with E-state index >= 15 is 0 Å². The first-order chi connectivity index (χ1) is 11.8. The molecule has 2 aliphatic heterocycles. The Balaban J connectivity index is 1.68. The van der Waals surface area contributed by atoms with Crippen LogP contribution in [0.15, 0.2) is 18.9 Å². The summed E-state index contributed by atoms with van der Waals surface area (Å²) in [6.45, 7) is 8.60. The van der Waals surface area contributed by atoms with Gasteiger partial charge in [-0.15, -0.1) is 6.58 Å². The molecule has 6 heteroatoms. The number of hydrogen-bond donors (Lipinski definition) is 0. The lowest BCUT2D eigenvalue weighted by Crippen LogP contribution is -2.34. The molecule has 132 valence electrons. The van der Waals surface area contributed by atoms with Gasteiger partial charge >= 0.3 is 6.01 Å². The Kier molecular flexibility index (Phi) is 6.01. The van der Waals surface area contributed by atoms with Gasteiger partial charge in [-0.2, -0.15) is 4.98 Å². The van der Waals surface area contributed by atoms with Gasteiger partial charge in [-0.1, -0.05) is 6.08 Å². The van der Waals surface area contributed by atoms with Gasteiger partial charge in [0.15, 0.2) is 11.6 Å². The van der Waals surface area contributed by atoms with Gasteiger partial charge in [0.25, 0.3) is 0 Å². The number of likely N-dealkylation sites (tertiary alicyclic amines) is 1. The van der Waals surface area contributed by atoms with Crippen LogP contribution in [0.1, 0.15) is 38.5 Å². The zero-order chi connectivity index (χ0) is 16.8. The van der Waals surface area contributed by atoms with Crippen LogP contribution < -0.4 is 9.64 Å². The fraction of sp³-hybridized carbons (Fsp3) is 0.667. The predicted octanol–water partition coefficient (Wildman–Crippen LogP) is 3.03. The number of rotatable bonds is 8. The first-order valence-electron chi connectivity index (χ1n) is 9.03. The Hall–Kier alpha value is -1.69. The lowest BCUT2D eigenvalue weighted by molar-refractivity contribution is 0.128. The minimum Gasteiger partial charge on any atom is -0.459 e. The molecule has 0 spiro atoms. The number of hydrogen-bond acceptors (Lipinski definition) is 5. The minimum absolute atomic E-state index is 0.0120. The van der Waals surface area contributed by atoms with E-state index in [2.05, 4.69) is 21.4 Å². The molecule has 2 fully saturated rings. The number of aromatic nitrogens is 2. The third kappa shape index (κ3) is 4.44. The van der Waals surface area contributed by atoms with Crippen molar-refractivity contribution in [2.75, 3.05) is 37.6 Å². The van der Waals surface area contributed by atoms with Crippen LogP contribution in [0.4, 0.5) is 10.2 Å². The molecular formula is C18H27FN4O. The molecule has 0 bridgehead atoms. The predicted molar refractivity (Wildman–Crippen MR) is 93.0 cm³/mol. The summed E-state index contributed by atoms with van der Waals surface area (Å²) in [5.74, 6) is 0.00702. The maximum atomic E-state index is 14.0. The number of allylic oxidation sites excluding steroid dienone is 1. The van der Waals surface area contributed by atoms with Crippen LogP contribution in [0.25, 0.3) is 0 Å². The summed E-state index contributed by atoms with van der Waals surface area (Å²) >= 11 is 0. The van der Waals surface area contributed by atoms with Crippen molar-refractivity contribution in [2.24, 2.45) is 0 Å². The molecule has 3 heterocycles. The van der Waals surface area contributed by atoms with E-state index in [1.54, 1.807) is 0 Å². The van der Waals surface area contributed by atoms with E-state index in [1.807, 2.05) is 11.0 Å². The highest BCUT2D eigenvalue weighted by molar-refractivity contribution is 5.40. The van der Waals surface area contributed by atoms with Crippen LogP contribution >= 0.6 is 0 Å². The smallest absolute Gasteiger partial charge is 0.318 e. The summed E-state index contributed by atoms with van der Waals surface area (Å²) < 4.78 is 20.1. The Morgan fingerprint density at radius 2 is 1.92 bits per heavy atom. The summed E-state index contributed by atoms with van der Waals surface area (Å²) in [5, 5.41) is 0. The average Bonchev–Trinajstić information content (AvgIpc) is 3.28. The van der Waals surface area contributed by atoms with Gasteiger partial charge in [0.1, 0.15) is 6.10 Å². The third-order valence-electron chi connectivity index (χ3n) is 4.73. The molecule has 1 aromatic rings. The summed E-state index contributed by atoms with van der Waals surface area (Å²) in [4.78, 5) is 12.8. The van der Waals surface area contributed by atoms with Crippen LogP contribution in [-0.4, -0.2) is 53.7 Å². The van der Waals surface area contributed by atoms with Gasteiger partial charge in [-0.3, -0.25) is 4.90 Å². The fourth-order valence-electron chi connectivity index (χ4n) is 3.44. The van der Waals surface area contributed by atoms with Crippen LogP contribution in [0, 0.1) is 5.82 Å². The first-order valence-corrected chi connectivity index (χ1v) is 9.03. The first kappa shape index (κ1) is 17.1. The van der Waals surface area contributed by atoms with E-state index < -0.39 is 0 Å². The van der Waals surface area contributed by atoms with Crippen molar-refractivity contribution in [1.29, 1.82) is 0 Å². The van der Waals surface area contributed by atoms with E-state index in [9.17, 15) is 4.39 Å². The number of nitrogens with zero attached hydrogens (tertiary/aromatic N) is 4. The van der Waals surface area contributed by atoms with Crippen molar-refractivity contribution in [1.82, 2.24) is 14.9 Å². The zero-order valence-electron chi connectivity index (χ0n) is 14.3. The van der Waals surface area contributed by atoms with Crippen molar-refractivity contribution in [3.05, 3.63) is 24.7 Å². The van der Waals surface area contributed by atoms with E-state index in [1.165, 1.54) is 19.0 Å². The minimum atomic E-state index is -0.369. The summed E-state index contributed by atoms with van der Waals surface area (Å²) in [7, 11) is 0. The summed E-state index contributed by atoms with van der Waals surface area (Å²) in [6.07, 6.45) is 9.57. The van der Waals surface area contributed by atoms with Gasteiger partial charge < -0.3 is 9.64 Å². The molecule has 0 amide bonds. The Labute approximate surface area is 143 Å². The Morgan fingerprint density at radius 1 is 1.21 bits per heavy atom. The third-order valence-corrected chi connectivity index (χ3v) is 4.73. The van der Waals surface area contributed by atoms with Crippen LogP contribution in [-0.2, 0) is 0 Å². The van der Waals surface area contributed by atoms with Crippen molar-refractivity contribution in [2.45, 2.75) is 44.6 Å². The van der Waals surface area contributed by atoms with Gasteiger partial charge in [-0.25, -0.2) is 9.37 Å². The number of anilines is 1. The molecule has 1 atom stereocenters. The quantitative estimate of drug-likeness (QED) is 0.684. The Bertz CT molecular complexity index is 542. The normalized spacial score (nSPS) is 19.6. The highest BCUT2D eigenvalue weighted by Gasteiger charge is 2.22. The van der Waals surface area contributed by atoms with E-state index in [4.69, 9.17) is 4.74 Å². The van der Waals surface area contributed by atoms with Crippen molar-refractivity contribution in [3.8, 4) is 6.01 Å². The highest BCUT2D eigenvalue weighted by Crippen LogP contribution is 2.23. The van der Waals surface area contributed by atoms with Crippen LogP contribution in [0.2, 0.25) is 0 Å². The maximum absolute atomic E-state index is 14.0. The van der Waals surface area contributed by atoms with Gasteiger partial charge in [-0.05, 0) is 51.6 Å². The average molecular weight is 334 g/mol. The lowest BCUT2D eigenvalue weighted by atomic mass is 10.2. The van der Waals surface area contributed by atoms with Gasteiger partial charge in [0.05, 0.1) is 6.20 Å². The van der Waals surface area contributed by atoms with Crippen LogP contribution in [0.5, 0.6) is 6.01 Å². The lowest BCUT2D eigenvalue weighted by Gasteiger charge is -2.24. The van der Waals surface area contributed by atoms with E-state index in [0.29, 0.717) is 5.82 Å². The van der Waals surface area contributed by atoms with Gasteiger partial charge in [0, 0.05) is 19.6 Å². The molecule has 0 aliphatic carbocycles. The SMILES string of the molecule is C=CCC[C@H](CN1CCCC1)Oc1ncc(F)c(N2CCCC2)n1. The second-order valence-corrected chi connectivity index (χ2v) is 6.63. The number of halogens is 1. The molecule has 3 rings (SSSR count). The zero-order valence-corrected chi connectivity index (χ0v) is 14.3. The largest absolute Gasteiger partial charge is 0.459 e. The van der Waals surface area contributed by atoms with E-state index in [0.717, 1.165) is 58.4 Å². The van der Waals surface area contributed by atoms with E-state index in [-0.39, 0.29) is 17.9 Å². The Morgan fingerprint density at radius 3 is 2.62 bits per heavy atom. The second-order valence-electron chi connectivity index (χ2n) is 6.63. The number of ether oxygens (including phenoxy) is 1. The standard InChI is InChI=1S/C18H27FN4O/c1-2-3-8-15(14-22-9-4-5-10-22)24-18-20-13-16(19)17(21-18)23-11-6-7-12-23/h2,13,15H,1,3-12,14H2/t15-/m1/s1. The molecule has 0 saturated carbocycles. The second kappa shape index (κ2) is 8.42. The molecule has 0 N–H and O–H groups in total. The summed E-state index contributed by atoms with van der Waals surface area (Å²) in [6, 6.07) is 0.284. The van der Waals surface area contributed by atoms with Crippen LogP contribution in [0.3, 0.4) is 0 Å². The van der Waals surface area contributed by atoms with Crippen molar-refractivity contribution in [3.63, 3.8) is 0 Å². The summed E-state index contributed by atoms with van der Waals surface area (Å²) in [5.41, 5.74) is 0. The molecular weight excluding hydrogens is 307 g/mol. The highest BCUT2D eigenvalue weighted by atomic mass is 19.1. The molecule has 0 aromatic carbocycles. The monoisotopic (exact) mass is 334 g/mol. The molecule has 2 aliphatic rings. The van der Waals surface area contributed by atoms with Crippen molar-refractivity contribution < 1.29 is 9.13 Å². The molecule has 0 radical (unpaired) electrons. The van der Waals surface area contributed by atoms with Gasteiger partial charge in [0.2, 0.25) is 0 Å². The molecule has 1 aromatic heterocycles. The molecule has 5 nitrogen and oxygen atoms in total. The molecule has 2 saturated heterocycles. The molecule has 24 heavy (non-hydrogen) atoms. The molecule has 0 unspecified atom stereocenters. The topological polar surface area (TPSA) is 41.5 Å². The van der Waals surface area contributed by atoms with Crippen molar-refractivity contribution >= 4 is 5.82 Å².